The highest BCUT2D eigenvalue weighted by atomic mass is 16.2. The normalized spacial score (nSPS) is 30.9. The first-order valence-corrected chi connectivity index (χ1v) is 6.91. The average molecular weight is 238 g/mol. The van der Waals surface area contributed by atoms with Crippen LogP contribution in [0.4, 0.5) is 0 Å². The SMILES string of the molecule is CC1(C)CCCC1C(=O)NC(C)(CN)C1CC1. The van der Waals surface area contributed by atoms with Gasteiger partial charge in [0.2, 0.25) is 5.91 Å². The van der Waals surface area contributed by atoms with Gasteiger partial charge in [0.05, 0.1) is 5.54 Å². The van der Waals surface area contributed by atoms with E-state index in [0.29, 0.717) is 12.5 Å². The molecule has 2 saturated carbocycles. The van der Waals surface area contributed by atoms with Gasteiger partial charge in [-0.15, -0.1) is 0 Å². The molecular formula is C14H26N2O. The van der Waals surface area contributed by atoms with E-state index < -0.39 is 0 Å². The lowest BCUT2D eigenvalue weighted by atomic mass is 9.80. The summed E-state index contributed by atoms with van der Waals surface area (Å²) < 4.78 is 0. The second kappa shape index (κ2) is 4.27. The van der Waals surface area contributed by atoms with Crippen LogP contribution in [0.25, 0.3) is 0 Å². The summed E-state index contributed by atoms with van der Waals surface area (Å²) in [7, 11) is 0. The van der Waals surface area contributed by atoms with E-state index in [-0.39, 0.29) is 22.8 Å². The molecule has 0 aromatic carbocycles. The molecule has 0 radical (unpaired) electrons. The summed E-state index contributed by atoms with van der Waals surface area (Å²) in [4.78, 5) is 12.4. The number of hydrogen-bond acceptors (Lipinski definition) is 2. The van der Waals surface area contributed by atoms with Crippen molar-refractivity contribution in [3.63, 3.8) is 0 Å². The fraction of sp³-hybridized carbons (Fsp3) is 0.929. The zero-order valence-electron chi connectivity index (χ0n) is 11.4. The third kappa shape index (κ3) is 2.49. The van der Waals surface area contributed by atoms with Gasteiger partial charge in [-0.1, -0.05) is 20.3 Å². The van der Waals surface area contributed by atoms with E-state index in [9.17, 15) is 4.79 Å². The average Bonchev–Trinajstić information content (AvgIpc) is 3.03. The van der Waals surface area contributed by atoms with E-state index in [1.54, 1.807) is 0 Å². The Morgan fingerprint density at radius 3 is 2.47 bits per heavy atom. The Labute approximate surface area is 105 Å². The van der Waals surface area contributed by atoms with Crippen LogP contribution in [0.1, 0.15) is 52.9 Å². The quantitative estimate of drug-likeness (QED) is 0.787. The van der Waals surface area contributed by atoms with Gasteiger partial charge in [-0.2, -0.15) is 0 Å². The summed E-state index contributed by atoms with van der Waals surface area (Å²) in [5.41, 5.74) is 5.83. The molecule has 0 aromatic heterocycles. The van der Waals surface area contributed by atoms with Gasteiger partial charge in [-0.25, -0.2) is 0 Å². The molecule has 2 atom stereocenters. The predicted octanol–water partition coefficient (Wildman–Crippen LogP) is 2.06. The molecule has 3 heteroatoms. The number of carbonyl (C=O) groups excluding carboxylic acids is 1. The number of carbonyl (C=O) groups is 1. The lowest BCUT2D eigenvalue weighted by Gasteiger charge is -2.34. The second-order valence-corrected chi connectivity index (χ2v) is 6.82. The van der Waals surface area contributed by atoms with Crippen LogP contribution in [0.5, 0.6) is 0 Å². The number of nitrogens with two attached hydrogens (primary N) is 1. The molecule has 2 aliphatic rings. The van der Waals surface area contributed by atoms with Crippen LogP contribution in [0.15, 0.2) is 0 Å². The van der Waals surface area contributed by atoms with Gasteiger partial charge in [0.1, 0.15) is 0 Å². The highest BCUT2D eigenvalue weighted by Gasteiger charge is 2.45. The standard InChI is InChI=1S/C14H26N2O/c1-13(2)8-4-5-11(13)12(17)16-14(3,9-15)10-6-7-10/h10-11H,4-9,15H2,1-3H3,(H,16,17). The Balaban J connectivity index is 2.01. The van der Waals surface area contributed by atoms with Crippen molar-refractivity contribution in [1.29, 1.82) is 0 Å². The van der Waals surface area contributed by atoms with Crippen LogP contribution in [0, 0.1) is 17.3 Å². The van der Waals surface area contributed by atoms with Crippen molar-refractivity contribution in [2.75, 3.05) is 6.54 Å². The Bertz CT molecular complexity index is 309. The van der Waals surface area contributed by atoms with E-state index in [1.807, 2.05) is 0 Å². The van der Waals surface area contributed by atoms with Gasteiger partial charge in [0, 0.05) is 12.5 Å². The lowest BCUT2D eigenvalue weighted by Crippen LogP contribution is -2.55. The predicted molar refractivity (Wildman–Crippen MR) is 69.4 cm³/mol. The topological polar surface area (TPSA) is 55.1 Å². The van der Waals surface area contributed by atoms with Crippen molar-refractivity contribution in [1.82, 2.24) is 5.32 Å². The monoisotopic (exact) mass is 238 g/mol. The van der Waals surface area contributed by atoms with E-state index in [2.05, 4.69) is 26.1 Å². The van der Waals surface area contributed by atoms with Crippen LogP contribution in [-0.2, 0) is 4.79 Å². The number of hydrogen-bond donors (Lipinski definition) is 2. The molecule has 17 heavy (non-hydrogen) atoms. The minimum absolute atomic E-state index is 0.156. The number of nitrogens with one attached hydrogen (secondary N) is 1. The van der Waals surface area contributed by atoms with Crippen molar-refractivity contribution >= 4 is 5.91 Å². The Kier molecular flexibility index (Phi) is 3.23. The van der Waals surface area contributed by atoms with Crippen LogP contribution in [0.3, 0.4) is 0 Å². The molecule has 3 nitrogen and oxygen atoms in total. The summed E-state index contributed by atoms with van der Waals surface area (Å²) in [5, 5.41) is 3.24. The molecule has 0 aromatic rings. The van der Waals surface area contributed by atoms with Crippen LogP contribution in [-0.4, -0.2) is 18.0 Å². The number of amides is 1. The van der Waals surface area contributed by atoms with Gasteiger partial charge < -0.3 is 11.1 Å². The summed E-state index contributed by atoms with van der Waals surface area (Å²) in [6, 6.07) is 0. The van der Waals surface area contributed by atoms with Gasteiger partial charge >= 0.3 is 0 Å². The van der Waals surface area contributed by atoms with E-state index >= 15 is 0 Å². The maximum atomic E-state index is 12.4. The lowest BCUT2D eigenvalue weighted by molar-refractivity contribution is -0.129. The zero-order chi connectivity index (χ0) is 12.7. The first kappa shape index (κ1) is 12.9. The maximum absolute atomic E-state index is 12.4. The van der Waals surface area contributed by atoms with Crippen LogP contribution < -0.4 is 11.1 Å². The minimum Gasteiger partial charge on any atom is -0.349 e. The van der Waals surface area contributed by atoms with Crippen molar-refractivity contribution in [2.24, 2.45) is 23.0 Å². The van der Waals surface area contributed by atoms with E-state index in [1.165, 1.54) is 19.3 Å². The van der Waals surface area contributed by atoms with Gasteiger partial charge in [0.25, 0.3) is 0 Å². The van der Waals surface area contributed by atoms with Gasteiger partial charge in [-0.05, 0) is 43.9 Å². The molecule has 1 amide bonds. The Hall–Kier alpha value is -0.570. The third-order valence-corrected chi connectivity index (χ3v) is 4.88. The molecule has 2 aliphatic carbocycles. The number of rotatable bonds is 4. The fourth-order valence-electron chi connectivity index (χ4n) is 3.22. The second-order valence-electron chi connectivity index (χ2n) is 6.82. The molecule has 0 heterocycles. The van der Waals surface area contributed by atoms with Crippen molar-refractivity contribution in [3.05, 3.63) is 0 Å². The molecule has 0 saturated heterocycles. The minimum atomic E-state index is -0.171. The highest BCUT2D eigenvalue weighted by Crippen LogP contribution is 2.44. The first-order valence-electron chi connectivity index (χ1n) is 6.91. The zero-order valence-corrected chi connectivity index (χ0v) is 11.4. The summed E-state index contributed by atoms with van der Waals surface area (Å²) in [5.74, 6) is 1.00. The van der Waals surface area contributed by atoms with E-state index in [0.717, 1.165) is 12.8 Å². The van der Waals surface area contributed by atoms with Gasteiger partial charge in [-0.3, -0.25) is 4.79 Å². The highest BCUT2D eigenvalue weighted by molar-refractivity contribution is 5.80. The summed E-state index contributed by atoms with van der Waals surface area (Å²) >= 11 is 0. The van der Waals surface area contributed by atoms with Crippen molar-refractivity contribution in [3.8, 4) is 0 Å². The Morgan fingerprint density at radius 1 is 1.41 bits per heavy atom. The maximum Gasteiger partial charge on any atom is 0.224 e. The molecule has 2 fully saturated rings. The largest absolute Gasteiger partial charge is 0.349 e. The molecule has 0 spiro atoms. The Morgan fingerprint density at radius 2 is 2.06 bits per heavy atom. The van der Waals surface area contributed by atoms with Gasteiger partial charge in [0.15, 0.2) is 0 Å². The third-order valence-electron chi connectivity index (χ3n) is 4.88. The summed E-state index contributed by atoms with van der Waals surface area (Å²) in [6.45, 7) is 7.07. The smallest absolute Gasteiger partial charge is 0.224 e. The molecule has 2 unspecified atom stereocenters. The molecule has 3 N–H and O–H groups in total. The fourth-order valence-corrected chi connectivity index (χ4v) is 3.22. The summed E-state index contributed by atoms with van der Waals surface area (Å²) in [6.07, 6.45) is 5.79. The van der Waals surface area contributed by atoms with Crippen molar-refractivity contribution in [2.45, 2.75) is 58.4 Å². The molecular weight excluding hydrogens is 212 g/mol. The van der Waals surface area contributed by atoms with Crippen LogP contribution in [0.2, 0.25) is 0 Å². The molecule has 0 aliphatic heterocycles. The first-order chi connectivity index (χ1) is 7.89. The van der Waals surface area contributed by atoms with Crippen molar-refractivity contribution < 1.29 is 4.79 Å². The molecule has 0 bridgehead atoms. The van der Waals surface area contributed by atoms with E-state index in [4.69, 9.17) is 5.73 Å². The molecule has 2 rings (SSSR count). The van der Waals surface area contributed by atoms with Crippen LogP contribution >= 0.6 is 0 Å². The molecule has 98 valence electrons.